The molecule has 1 rings (SSSR count). The van der Waals surface area contributed by atoms with E-state index in [1.165, 1.54) is 141 Å². The number of rotatable bonds is 51. The van der Waals surface area contributed by atoms with Gasteiger partial charge in [0.25, 0.3) is 0 Å². The summed E-state index contributed by atoms with van der Waals surface area (Å²) < 4.78 is 17.6. The van der Waals surface area contributed by atoms with Gasteiger partial charge in [-0.15, -0.1) is 0 Å². The van der Waals surface area contributed by atoms with E-state index in [0.29, 0.717) is 19.3 Å². The maximum Gasteiger partial charge on any atom is 0.306 e. The molecule has 1 fully saturated rings. The van der Waals surface area contributed by atoms with Gasteiger partial charge in [-0.1, -0.05) is 249 Å². The minimum atomic E-state index is -1.62. The average Bonchev–Trinajstić information content (AvgIpc) is 3.39. The molecule has 8 unspecified atom stereocenters. The molecule has 0 saturated carbocycles. The number of hydrogen-bond donors (Lipinski definition) is 6. The zero-order chi connectivity index (χ0) is 53.3. The fourth-order valence-electron chi connectivity index (χ4n) is 9.36. The summed E-state index contributed by atoms with van der Waals surface area (Å²) in [7, 11) is 0. The van der Waals surface area contributed by atoms with E-state index in [1.807, 2.05) is 6.08 Å². The largest absolute Gasteiger partial charge is 0.454 e. The minimum Gasteiger partial charge on any atom is -0.454 e. The number of amides is 1. The highest BCUT2D eigenvalue weighted by atomic mass is 16.7. The second-order valence-corrected chi connectivity index (χ2v) is 21.1. The standard InChI is InChI=1S/C62H113NO10/c1-4-7-10-13-16-19-22-24-26-28-30-32-35-38-41-44-47-50-57(67)73-60-59(69)58(68)56(51-64)72-62(60)71-52-53(54(65)48-45-42-39-36-33-21-18-15-12-9-6-3)63-61(70)55(66)49-46-43-40-37-34-31-29-27-25-23-20-17-14-11-8-5-2/h16,19,24,26,30,32,45,48,53-56,58-60,62,64-66,68-69H,4-15,17-18,20-23,25,27-29,31,33-44,46-47,49-52H2,1-3H3,(H,63,70)/b19-16-,26-24-,32-30-,48-45+. The quantitative estimate of drug-likeness (QED) is 0.0195. The van der Waals surface area contributed by atoms with E-state index < -0.39 is 67.4 Å². The number of ether oxygens (including phenoxy) is 3. The Morgan fingerprint density at radius 2 is 0.945 bits per heavy atom. The van der Waals surface area contributed by atoms with Crippen molar-refractivity contribution in [3.8, 4) is 0 Å². The van der Waals surface area contributed by atoms with Gasteiger partial charge in [-0.05, 0) is 64.2 Å². The molecule has 1 saturated heterocycles. The highest BCUT2D eigenvalue weighted by Gasteiger charge is 2.47. The van der Waals surface area contributed by atoms with Crippen molar-refractivity contribution in [2.45, 2.75) is 320 Å². The summed E-state index contributed by atoms with van der Waals surface area (Å²) in [5, 5.41) is 56.9. The van der Waals surface area contributed by atoms with Crippen LogP contribution in [-0.4, -0.2) is 99.6 Å². The van der Waals surface area contributed by atoms with Crippen LogP contribution in [0.25, 0.3) is 0 Å². The molecule has 1 aliphatic rings. The number of esters is 1. The van der Waals surface area contributed by atoms with Crippen LogP contribution < -0.4 is 5.32 Å². The number of aliphatic hydroxyl groups excluding tert-OH is 5. The molecule has 73 heavy (non-hydrogen) atoms. The van der Waals surface area contributed by atoms with Crippen LogP contribution in [0, 0.1) is 0 Å². The highest BCUT2D eigenvalue weighted by Crippen LogP contribution is 2.26. The first-order valence-electron chi connectivity index (χ1n) is 30.4. The Hall–Kier alpha value is -2.38. The number of allylic oxidation sites excluding steroid dienone is 7. The van der Waals surface area contributed by atoms with Crippen LogP contribution in [0.3, 0.4) is 0 Å². The Morgan fingerprint density at radius 1 is 0.534 bits per heavy atom. The topological polar surface area (TPSA) is 175 Å². The summed E-state index contributed by atoms with van der Waals surface area (Å²) in [5.41, 5.74) is 0. The molecule has 8 atom stereocenters. The van der Waals surface area contributed by atoms with Gasteiger partial charge < -0.3 is 45.1 Å². The molecule has 0 bridgehead atoms. The summed E-state index contributed by atoms with van der Waals surface area (Å²) in [6, 6.07) is -1.03. The van der Waals surface area contributed by atoms with Crippen LogP contribution in [0.1, 0.15) is 271 Å². The van der Waals surface area contributed by atoms with Crippen LogP contribution in [-0.2, 0) is 23.8 Å². The molecule has 0 spiro atoms. The third-order valence-corrected chi connectivity index (χ3v) is 14.2. The van der Waals surface area contributed by atoms with E-state index in [4.69, 9.17) is 14.2 Å². The van der Waals surface area contributed by atoms with E-state index in [9.17, 15) is 35.1 Å². The molecule has 11 heteroatoms. The van der Waals surface area contributed by atoms with Crippen molar-refractivity contribution in [1.29, 1.82) is 0 Å². The Labute approximate surface area is 446 Å². The lowest BCUT2D eigenvalue weighted by molar-refractivity contribution is -0.305. The first-order valence-corrected chi connectivity index (χ1v) is 30.4. The third kappa shape index (κ3) is 38.8. The normalized spacial score (nSPS) is 19.7. The number of carbonyl (C=O) groups is 2. The third-order valence-electron chi connectivity index (χ3n) is 14.2. The lowest BCUT2D eigenvalue weighted by Gasteiger charge is -2.41. The second-order valence-electron chi connectivity index (χ2n) is 21.1. The maximum absolute atomic E-state index is 13.4. The van der Waals surface area contributed by atoms with Gasteiger partial charge in [0.2, 0.25) is 5.91 Å². The fourth-order valence-corrected chi connectivity index (χ4v) is 9.36. The number of carbonyl (C=O) groups excluding carboxylic acids is 2. The first-order chi connectivity index (χ1) is 35.7. The average molecular weight is 1030 g/mol. The summed E-state index contributed by atoms with van der Waals surface area (Å²) in [6.45, 7) is 5.75. The van der Waals surface area contributed by atoms with Gasteiger partial charge >= 0.3 is 5.97 Å². The summed E-state index contributed by atoms with van der Waals surface area (Å²) in [6.07, 6.45) is 50.0. The van der Waals surface area contributed by atoms with Crippen LogP contribution >= 0.6 is 0 Å². The van der Waals surface area contributed by atoms with Crippen molar-refractivity contribution in [3.05, 3.63) is 48.6 Å². The van der Waals surface area contributed by atoms with Crippen molar-refractivity contribution < 1.29 is 49.3 Å². The van der Waals surface area contributed by atoms with E-state index in [0.717, 1.165) is 83.5 Å². The van der Waals surface area contributed by atoms with Crippen LogP contribution in [0.5, 0.6) is 0 Å². The molecular weight excluding hydrogens is 919 g/mol. The van der Waals surface area contributed by atoms with Crippen molar-refractivity contribution in [2.24, 2.45) is 0 Å². The van der Waals surface area contributed by atoms with E-state index in [2.05, 4.69) is 62.5 Å². The smallest absolute Gasteiger partial charge is 0.306 e. The van der Waals surface area contributed by atoms with Gasteiger partial charge in [-0.25, -0.2) is 0 Å². The van der Waals surface area contributed by atoms with Crippen LogP contribution in [0.2, 0.25) is 0 Å². The predicted molar refractivity (Wildman–Crippen MR) is 301 cm³/mol. The van der Waals surface area contributed by atoms with Crippen LogP contribution in [0.15, 0.2) is 48.6 Å². The van der Waals surface area contributed by atoms with Gasteiger partial charge in [0.05, 0.1) is 25.4 Å². The maximum atomic E-state index is 13.4. The predicted octanol–water partition coefficient (Wildman–Crippen LogP) is 14.1. The van der Waals surface area contributed by atoms with E-state index >= 15 is 0 Å². The van der Waals surface area contributed by atoms with Gasteiger partial charge in [0.15, 0.2) is 12.4 Å². The van der Waals surface area contributed by atoms with Gasteiger partial charge in [0, 0.05) is 6.42 Å². The second kappa shape index (κ2) is 50.4. The highest BCUT2D eigenvalue weighted by molar-refractivity contribution is 5.80. The molecule has 0 aliphatic carbocycles. The van der Waals surface area contributed by atoms with Gasteiger partial charge in [-0.2, -0.15) is 0 Å². The molecule has 6 N–H and O–H groups in total. The number of aliphatic hydroxyl groups is 5. The summed E-state index contributed by atoms with van der Waals surface area (Å²) in [5.74, 6) is -1.21. The molecule has 1 aliphatic heterocycles. The Morgan fingerprint density at radius 3 is 1.44 bits per heavy atom. The van der Waals surface area contributed by atoms with Crippen molar-refractivity contribution >= 4 is 11.9 Å². The minimum absolute atomic E-state index is 0.0988. The van der Waals surface area contributed by atoms with Crippen molar-refractivity contribution in [2.75, 3.05) is 13.2 Å². The Kier molecular flexibility index (Phi) is 47.4. The molecule has 0 radical (unpaired) electrons. The van der Waals surface area contributed by atoms with E-state index in [1.54, 1.807) is 6.08 Å². The molecule has 11 nitrogen and oxygen atoms in total. The molecule has 0 aromatic heterocycles. The molecule has 0 aromatic rings. The molecule has 0 aromatic carbocycles. The number of nitrogens with one attached hydrogen (secondary N) is 1. The zero-order valence-corrected chi connectivity index (χ0v) is 47.0. The van der Waals surface area contributed by atoms with E-state index in [-0.39, 0.29) is 13.0 Å². The fraction of sp³-hybridized carbons (Fsp3) is 0.839. The SMILES string of the molecule is CCCCC/C=C\C/C=C\C/C=C\CCCCCCC(=O)OC1C(OCC(NC(=O)C(O)CCCCCCCCCCCCCCCCCC)C(O)/C=C/CCCCCCCCCCC)OC(CO)C(O)C1O. The van der Waals surface area contributed by atoms with Gasteiger partial charge in [-0.3, -0.25) is 9.59 Å². The lowest BCUT2D eigenvalue weighted by Crippen LogP contribution is -2.61. The summed E-state index contributed by atoms with van der Waals surface area (Å²) in [4.78, 5) is 26.5. The van der Waals surface area contributed by atoms with Crippen molar-refractivity contribution in [3.63, 3.8) is 0 Å². The molecule has 1 amide bonds. The molecular formula is C62H113NO10. The lowest BCUT2D eigenvalue weighted by atomic mass is 9.99. The molecule has 1 heterocycles. The van der Waals surface area contributed by atoms with Crippen LogP contribution in [0.4, 0.5) is 0 Å². The number of hydrogen-bond acceptors (Lipinski definition) is 10. The van der Waals surface area contributed by atoms with Gasteiger partial charge in [0.1, 0.15) is 24.4 Å². The monoisotopic (exact) mass is 1030 g/mol. The summed E-state index contributed by atoms with van der Waals surface area (Å²) >= 11 is 0. The number of unbranched alkanes of at least 4 members (excludes halogenated alkanes) is 31. The zero-order valence-electron chi connectivity index (χ0n) is 47.0. The first kappa shape index (κ1) is 68.6. The van der Waals surface area contributed by atoms with Crippen molar-refractivity contribution in [1.82, 2.24) is 5.32 Å². The Bertz CT molecular complexity index is 1370. The Balaban J connectivity index is 2.70. The molecule has 426 valence electrons.